The summed E-state index contributed by atoms with van der Waals surface area (Å²) < 4.78 is 23.2. The van der Waals surface area contributed by atoms with E-state index in [0.717, 1.165) is 29.6 Å². The molecule has 0 bridgehead atoms. The Hall–Kier alpha value is -3.80. The van der Waals surface area contributed by atoms with Gasteiger partial charge in [-0.1, -0.05) is 23.1 Å². The van der Waals surface area contributed by atoms with Crippen LogP contribution < -0.4 is 16.4 Å². The summed E-state index contributed by atoms with van der Waals surface area (Å²) in [6.07, 6.45) is 3.57. The normalized spacial score (nSPS) is 12.9. The Bertz CT molecular complexity index is 1100. The number of anilines is 2. The minimum Gasteiger partial charge on any atom is -0.461 e. The monoisotopic (exact) mass is 463 g/mol. The Morgan fingerprint density at radius 3 is 2.69 bits per heavy atom. The number of nitrogen functional groups attached to an aromatic ring is 1. The Kier molecular flexibility index (Phi) is 8.02. The first-order valence-electron chi connectivity index (χ1n) is 9.30. The third kappa shape index (κ3) is 5.46. The summed E-state index contributed by atoms with van der Waals surface area (Å²) in [5.41, 5.74) is 11.6. The molecule has 0 aliphatic carbocycles. The fourth-order valence-electron chi connectivity index (χ4n) is 2.48. The summed E-state index contributed by atoms with van der Waals surface area (Å²) in [6.45, 7) is 8.21. The fraction of sp³-hybridized carbons (Fsp3) is 0.250. The molecule has 0 spiro atoms. The smallest absolute Gasteiger partial charge is 0.360 e. The lowest BCUT2D eigenvalue weighted by molar-refractivity contribution is -0.118. The number of ketones is 1. The molecule has 2 aromatic rings. The van der Waals surface area contributed by atoms with Crippen molar-refractivity contribution in [3.63, 3.8) is 0 Å². The van der Waals surface area contributed by atoms with Gasteiger partial charge in [0.2, 0.25) is 17.5 Å². The number of halogens is 1. The maximum Gasteiger partial charge on any atom is 0.360 e. The van der Waals surface area contributed by atoms with Crippen LogP contribution in [0.2, 0.25) is 0 Å². The average molecular weight is 463 g/mol. The van der Waals surface area contributed by atoms with Gasteiger partial charge in [0.1, 0.15) is 22.6 Å². The van der Waals surface area contributed by atoms with Crippen LogP contribution in [0.1, 0.15) is 46.7 Å². The molecule has 0 aliphatic heterocycles. The van der Waals surface area contributed by atoms with Crippen molar-refractivity contribution in [1.82, 2.24) is 10.1 Å². The highest BCUT2D eigenvalue weighted by atomic mass is 32.1. The summed E-state index contributed by atoms with van der Waals surface area (Å²) in [4.78, 5) is 42.0. The van der Waals surface area contributed by atoms with Gasteiger partial charge in [-0.25, -0.2) is 14.2 Å². The lowest BCUT2D eigenvalue weighted by Gasteiger charge is -2.27. The molecule has 2 aromatic heterocycles. The van der Waals surface area contributed by atoms with E-state index < -0.39 is 29.5 Å². The Morgan fingerprint density at radius 2 is 2.09 bits per heavy atom. The van der Waals surface area contributed by atoms with Crippen molar-refractivity contribution < 1.29 is 28.0 Å². The zero-order valence-corrected chi connectivity index (χ0v) is 18.4. The predicted molar refractivity (Wildman–Crippen MR) is 117 cm³/mol. The number of thiazole rings is 1. The molecule has 32 heavy (non-hydrogen) atoms. The van der Waals surface area contributed by atoms with Gasteiger partial charge >= 0.3 is 5.97 Å². The fourth-order valence-corrected chi connectivity index (χ4v) is 3.55. The molecule has 0 saturated carbocycles. The van der Waals surface area contributed by atoms with Gasteiger partial charge in [0.05, 0.1) is 6.61 Å². The number of carbonyl (C=O) groups excluding carboxylic acids is 3. The van der Waals surface area contributed by atoms with E-state index >= 15 is 0 Å². The molecule has 2 heterocycles. The summed E-state index contributed by atoms with van der Waals surface area (Å²) in [6, 6.07) is 0.248. The van der Waals surface area contributed by atoms with E-state index in [1.54, 1.807) is 13.8 Å². The second kappa shape index (κ2) is 10.5. The first-order chi connectivity index (χ1) is 15.1. The first kappa shape index (κ1) is 24.5. The Morgan fingerprint density at radius 1 is 1.41 bits per heavy atom. The van der Waals surface area contributed by atoms with Gasteiger partial charge in [-0.3, -0.25) is 9.59 Å². The molecular weight excluding hydrogens is 441 g/mol. The van der Waals surface area contributed by atoms with E-state index in [1.165, 1.54) is 17.9 Å². The number of aromatic nitrogens is 2. The Balaban J connectivity index is 2.44. The van der Waals surface area contributed by atoms with E-state index in [1.807, 2.05) is 0 Å². The van der Waals surface area contributed by atoms with Crippen LogP contribution in [0.4, 0.5) is 15.3 Å². The van der Waals surface area contributed by atoms with Crippen LogP contribution in [0.15, 0.2) is 46.9 Å². The molecule has 1 amide bonds. The molecular formula is C20H22FN5O5S. The van der Waals surface area contributed by atoms with Crippen LogP contribution >= 0.6 is 11.3 Å². The van der Waals surface area contributed by atoms with Crippen molar-refractivity contribution in [3.05, 3.63) is 58.7 Å². The van der Waals surface area contributed by atoms with Crippen molar-refractivity contribution in [1.29, 1.82) is 0 Å². The van der Waals surface area contributed by atoms with Crippen LogP contribution in [0, 0.1) is 0 Å². The predicted octanol–water partition coefficient (Wildman–Crippen LogP) is 2.74. The van der Waals surface area contributed by atoms with Crippen LogP contribution in [0.3, 0.4) is 0 Å². The highest BCUT2D eigenvalue weighted by molar-refractivity contribution is 7.18. The number of primary amides is 1. The molecule has 0 aromatic carbocycles. The zero-order valence-electron chi connectivity index (χ0n) is 17.6. The molecule has 170 valence electrons. The van der Waals surface area contributed by atoms with Crippen LogP contribution in [0.5, 0.6) is 0 Å². The highest BCUT2D eigenvalue weighted by Crippen LogP contribution is 2.33. The average Bonchev–Trinajstić information content (AvgIpc) is 3.39. The van der Waals surface area contributed by atoms with Crippen molar-refractivity contribution in [2.45, 2.75) is 26.8 Å². The number of nitrogens with zero attached hydrogens (tertiary/aromatic N) is 3. The maximum absolute atomic E-state index is 13.4. The minimum absolute atomic E-state index is 0.00570. The molecule has 0 radical (unpaired) electrons. The van der Waals surface area contributed by atoms with Gasteiger partial charge in [-0.05, 0) is 39.0 Å². The van der Waals surface area contributed by atoms with Gasteiger partial charge in [0.15, 0.2) is 10.8 Å². The number of carbonyl (C=O) groups is 3. The topological polar surface area (TPSA) is 155 Å². The number of amides is 1. The van der Waals surface area contributed by atoms with Crippen molar-refractivity contribution >= 4 is 39.9 Å². The van der Waals surface area contributed by atoms with Gasteiger partial charge in [0, 0.05) is 11.8 Å². The summed E-state index contributed by atoms with van der Waals surface area (Å²) in [5, 5.41) is 3.69. The third-order valence-corrected chi connectivity index (χ3v) is 5.20. The van der Waals surface area contributed by atoms with Gasteiger partial charge in [0.25, 0.3) is 0 Å². The first-order valence-corrected chi connectivity index (χ1v) is 10.1. The van der Waals surface area contributed by atoms with Crippen LogP contribution in [0.25, 0.3) is 0 Å². The second-order valence-electron chi connectivity index (χ2n) is 6.35. The molecule has 0 aliphatic rings. The number of esters is 1. The maximum atomic E-state index is 13.4. The van der Waals surface area contributed by atoms with Gasteiger partial charge in [-0.2, -0.15) is 0 Å². The van der Waals surface area contributed by atoms with Crippen LogP contribution in [-0.4, -0.2) is 40.4 Å². The molecule has 10 nitrogen and oxygen atoms in total. The molecule has 1 atom stereocenters. The van der Waals surface area contributed by atoms with E-state index in [0.29, 0.717) is 5.70 Å². The summed E-state index contributed by atoms with van der Waals surface area (Å²) in [7, 11) is 0. The molecule has 0 saturated heterocycles. The van der Waals surface area contributed by atoms with E-state index in [4.69, 9.17) is 20.7 Å². The zero-order chi connectivity index (χ0) is 24.0. The number of nitrogens with two attached hydrogens (primary N) is 2. The van der Waals surface area contributed by atoms with Crippen molar-refractivity contribution in [2.75, 3.05) is 17.2 Å². The SMILES string of the molecule is C=C/C(F)=C\C=C(/C)N(c1nc(N)c(C(=O)c2cc(C(=O)OCC)no2)s1)C(C)C(N)=O. The van der Waals surface area contributed by atoms with E-state index in [9.17, 15) is 18.8 Å². The number of hydrogen-bond donors (Lipinski definition) is 2. The second-order valence-corrected chi connectivity index (χ2v) is 7.33. The van der Waals surface area contributed by atoms with Crippen molar-refractivity contribution in [2.24, 2.45) is 5.73 Å². The summed E-state index contributed by atoms with van der Waals surface area (Å²) >= 11 is 0.866. The number of allylic oxidation sites excluding steroid dienone is 5. The number of rotatable bonds is 10. The standard InChI is InChI=1S/C20H22FN5O5S/c1-5-12(21)8-7-10(3)26(11(4)18(23)28)20-24-17(22)16(32-20)15(27)14-9-13(25-31-14)19(29)30-6-2/h5,7-9,11H,1,6,22H2,2-4H3,(H2,23,28)/b10-7+,12-8+. The van der Waals surface area contributed by atoms with E-state index in [2.05, 4.69) is 16.7 Å². The molecule has 0 fully saturated rings. The molecule has 4 N–H and O–H groups in total. The lowest BCUT2D eigenvalue weighted by atomic mass is 10.2. The summed E-state index contributed by atoms with van der Waals surface area (Å²) in [5.74, 6) is -3.05. The minimum atomic E-state index is -0.888. The largest absolute Gasteiger partial charge is 0.461 e. The molecule has 1 unspecified atom stereocenters. The molecule has 12 heteroatoms. The molecule has 2 rings (SSSR count). The van der Waals surface area contributed by atoms with Crippen LogP contribution in [-0.2, 0) is 9.53 Å². The van der Waals surface area contributed by atoms with E-state index in [-0.39, 0.29) is 33.9 Å². The third-order valence-electron chi connectivity index (χ3n) is 4.13. The van der Waals surface area contributed by atoms with Gasteiger partial charge < -0.3 is 25.6 Å². The highest BCUT2D eigenvalue weighted by Gasteiger charge is 2.29. The number of ether oxygens (including phenoxy) is 1. The van der Waals surface area contributed by atoms with Gasteiger partial charge in [-0.15, -0.1) is 0 Å². The number of hydrogen-bond acceptors (Lipinski definition) is 10. The van der Waals surface area contributed by atoms with Crippen molar-refractivity contribution in [3.8, 4) is 0 Å². The quantitative estimate of drug-likeness (QED) is 0.307. The Labute approximate surface area is 187 Å². The lowest BCUT2D eigenvalue weighted by Crippen LogP contribution is -2.41.